The summed E-state index contributed by atoms with van der Waals surface area (Å²) in [6.45, 7) is 4.32. The second kappa shape index (κ2) is 9.09. The van der Waals surface area contributed by atoms with Crippen molar-refractivity contribution >= 4 is 17.6 Å². The second-order valence-corrected chi connectivity index (χ2v) is 9.41. The van der Waals surface area contributed by atoms with Crippen molar-refractivity contribution in [1.29, 1.82) is 0 Å². The lowest BCUT2D eigenvalue weighted by Crippen LogP contribution is -2.41. The number of rotatable bonds is 5. The van der Waals surface area contributed by atoms with Crippen molar-refractivity contribution in [3.05, 3.63) is 52.5 Å². The van der Waals surface area contributed by atoms with Crippen molar-refractivity contribution in [2.75, 3.05) is 45.6 Å². The van der Waals surface area contributed by atoms with E-state index in [0.717, 1.165) is 67.4 Å². The molecule has 1 N–H and O–H groups in total. The van der Waals surface area contributed by atoms with Crippen LogP contribution in [-0.2, 0) is 24.3 Å². The Kier molecular flexibility index (Phi) is 6.01. The molecule has 8 heteroatoms. The van der Waals surface area contributed by atoms with E-state index in [1.807, 2.05) is 36.2 Å². The molecule has 0 radical (unpaired) electrons. The first kappa shape index (κ1) is 21.8. The van der Waals surface area contributed by atoms with Gasteiger partial charge in [-0.3, -0.25) is 9.59 Å². The Balaban J connectivity index is 1.23. The summed E-state index contributed by atoms with van der Waals surface area (Å²) in [5.41, 5.74) is 4.14. The van der Waals surface area contributed by atoms with E-state index in [4.69, 9.17) is 9.97 Å². The van der Waals surface area contributed by atoms with Gasteiger partial charge in [0.05, 0.1) is 5.69 Å². The van der Waals surface area contributed by atoms with Gasteiger partial charge in [0, 0.05) is 76.2 Å². The Morgan fingerprint density at radius 1 is 1.18 bits per heavy atom. The first-order valence-corrected chi connectivity index (χ1v) is 11.9. The Morgan fingerprint density at radius 2 is 2.03 bits per heavy atom. The number of likely N-dealkylation sites (tertiary alicyclic amines) is 1. The van der Waals surface area contributed by atoms with Crippen molar-refractivity contribution < 1.29 is 9.59 Å². The highest BCUT2D eigenvalue weighted by atomic mass is 16.2. The molecular weight excluding hydrogens is 416 g/mol. The van der Waals surface area contributed by atoms with Crippen molar-refractivity contribution in [2.24, 2.45) is 0 Å². The minimum Gasteiger partial charge on any atom is -0.373 e. The van der Waals surface area contributed by atoms with Crippen LogP contribution in [0.5, 0.6) is 0 Å². The van der Waals surface area contributed by atoms with Crippen molar-refractivity contribution in [1.82, 2.24) is 24.7 Å². The number of fused-ring (bicyclic) bond motifs is 2. The van der Waals surface area contributed by atoms with Crippen molar-refractivity contribution in [3.8, 4) is 0 Å². The molecule has 1 saturated heterocycles. The molecule has 1 fully saturated rings. The zero-order chi connectivity index (χ0) is 22.9. The Hall–Kier alpha value is -3.00. The predicted molar refractivity (Wildman–Crippen MR) is 126 cm³/mol. The van der Waals surface area contributed by atoms with E-state index in [-0.39, 0.29) is 17.7 Å². The third kappa shape index (κ3) is 4.31. The van der Waals surface area contributed by atoms with Crippen molar-refractivity contribution in [3.63, 3.8) is 0 Å². The molecule has 3 aliphatic heterocycles. The van der Waals surface area contributed by atoms with Crippen LogP contribution in [0.25, 0.3) is 0 Å². The van der Waals surface area contributed by atoms with Gasteiger partial charge in [0.1, 0.15) is 11.6 Å². The summed E-state index contributed by atoms with van der Waals surface area (Å²) in [4.78, 5) is 41.4. The number of hydrogen-bond acceptors (Lipinski definition) is 6. The minimum absolute atomic E-state index is 0.0302. The van der Waals surface area contributed by atoms with Gasteiger partial charge < -0.3 is 20.0 Å². The fraction of sp³-hybridized carbons (Fsp3) is 0.520. The van der Waals surface area contributed by atoms with Crippen molar-refractivity contribution in [2.45, 2.75) is 44.7 Å². The number of amides is 2. The predicted octanol–water partition coefficient (Wildman–Crippen LogP) is 2.26. The number of nitrogens with zero attached hydrogens (tertiary/aromatic N) is 5. The molecule has 0 bridgehead atoms. The van der Waals surface area contributed by atoms with E-state index >= 15 is 0 Å². The Labute approximate surface area is 195 Å². The van der Waals surface area contributed by atoms with E-state index in [0.29, 0.717) is 26.1 Å². The summed E-state index contributed by atoms with van der Waals surface area (Å²) in [5.74, 6) is 2.05. The molecule has 1 aromatic carbocycles. The number of hydrogen-bond donors (Lipinski definition) is 1. The van der Waals surface area contributed by atoms with Crippen LogP contribution >= 0.6 is 0 Å². The molecule has 1 aromatic heterocycles. The van der Waals surface area contributed by atoms with E-state index in [1.54, 1.807) is 4.90 Å². The van der Waals surface area contributed by atoms with Gasteiger partial charge in [-0.15, -0.1) is 0 Å². The lowest BCUT2D eigenvalue weighted by Gasteiger charge is -2.33. The molecule has 0 saturated carbocycles. The van der Waals surface area contributed by atoms with E-state index in [2.05, 4.69) is 17.3 Å². The summed E-state index contributed by atoms with van der Waals surface area (Å²) in [6, 6.07) is 7.69. The average molecular weight is 449 g/mol. The number of piperidine rings is 1. The highest BCUT2D eigenvalue weighted by Gasteiger charge is 2.31. The molecular formula is C25H32N6O2. The first-order chi connectivity index (χ1) is 16.0. The van der Waals surface area contributed by atoms with Gasteiger partial charge in [-0.05, 0) is 31.5 Å². The highest BCUT2D eigenvalue weighted by Crippen LogP contribution is 2.30. The summed E-state index contributed by atoms with van der Waals surface area (Å²) < 4.78 is 0. The van der Waals surface area contributed by atoms with Gasteiger partial charge in [-0.1, -0.05) is 18.2 Å². The molecule has 2 aromatic rings. The smallest absolute Gasteiger partial charge is 0.254 e. The van der Waals surface area contributed by atoms with Crippen LogP contribution < -0.4 is 5.32 Å². The Bertz CT molecular complexity index is 1050. The maximum absolute atomic E-state index is 13.0. The number of anilines is 1. The molecule has 33 heavy (non-hydrogen) atoms. The normalized spacial score (nSPS) is 20.5. The summed E-state index contributed by atoms with van der Waals surface area (Å²) in [7, 11) is 4.03. The van der Waals surface area contributed by atoms with Gasteiger partial charge >= 0.3 is 0 Å². The maximum Gasteiger partial charge on any atom is 0.254 e. The lowest BCUT2D eigenvalue weighted by atomic mass is 9.96. The lowest BCUT2D eigenvalue weighted by molar-refractivity contribution is -0.132. The fourth-order valence-electron chi connectivity index (χ4n) is 5.26. The number of carbonyl (C=O) groups is 2. The van der Waals surface area contributed by atoms with Crippen LogP contribution in [0.4, 0.5) is 5.82 Å². The monoisotopic (exact) mass is 448 g/mol. The summed E-state index contributed by atoms with van der Waals surface area (Å²) in [5, 5.41) is 3.26. The number of benzene rings is 1. The number of aromatic nitrogens is 2. The number of nitrogens with one attached hydrogen (secondary N) is 1. The van der Waals surface area contributed by atoms with Crippen LogP contribution in [0.3, 0.4) is 0 Å². The molecule has 0 aliphatic carbocycles. The first-order valence-electron chi connectivity index (χ1n) is 11.9. The molecule has 2 amide bonds. The molecule has 1 atom stereocenters. The standard InChI is InChI=1S/C25H32N6O2/c1-26-24-20-16-29(2)12-9-21(20)27-23(28-24)18-7-5-11-30(15-18)22(32)10-13-31-14-17-6-3-4-8-19(17)25(31)33/h3-4,6,8,18H,5,7,9-16H2,1-2H3,(H,26,27,28). The summed E-state index contributed by atoms with van der Waals surface area (Å²) in [6.07, 6.45) is 3.22. The quantitative estimate of drug-likeness (QED) is 0.756. The van der Waals surface area contributed by atoms with Crippen LogP contribution in [0, 0.1) is 0 Å². The molecule has 8 nitrogen and oxygen atoms in total. The molecule has 5 rings (SSSR count). The van der Waals surface area contributed by atoms with Gasteiger partial charge in [0.15, 0.2) is 0 Å². The van der Waals surface area contributed by atoms with E-state index < -0.39 is 0 Å². The van der Waals surface area contributed by atoms with Gasteiger partial charge in [-0.2, -0.15) is 0 Å². The Morgan fingerprint density at radius 3 is 2.85 bits per heavy atom. The van der Waals surface area contributed by atoms with E-state index in [9.17, 15) is 9.59 Å². The molecule has 174 valence electrons. The van der Waals surface area contributed by atoms with Crippen LogP contribution in [0.2, 0.25) is 0 Å². The largest absolute Gasteiger partial charge is 0.373 e. The molecule has 4 heterocycles. The molecule has 3 aliphatic rings. The van der Waals surface area contributed by atoms with Crippen LogP contribution in [0.1, 0.15) is 58.2 Å². The maximum atomic E-state index is 13.0. The molecule has 0 spiro atoms. The number of carbonyl (C=O) groups excluding carboxylic acids is 2. The second-order valence-electron chi connectivity index (χ2n) is 9.41. The fourth-order valence-corrected chi connectivity index (χ4v) is 5.26. The zero-order valence-corrected chi connectivity index (χ0v) is 19.5. The van der Waals surface area contributed by atoms with Crippen LogP contribution in [0.15, 0.2) is 24.3 Å². The summed E-state index contributed by atoms with van der Waals surface area (Å²) >= 11 is 0. The third-order valence-corrected chi connectivity index (χ3v) is 7.14. The van der Waals surface area contributed by atoms with Gasteiger partial charge in [-0.25, -0.2) is 9.97 Å². The average Bonchev–Trinajstić information content (AvgIpc) is 3.17. The highest BCUT2D eigenvalue weighted by molar-refractivity contribution is 5.98. The topological polar surface area (TPSA) is 81.7 Å². The third-order valence-electron chi connectivity index (χ3n) is 7.14. The number of likely N-dealkylation sites (N-methyl/N-ethyl adjacent to an activating group) is 1. The minimum atomic E-state index is 0.0302. The molecule has 1 unspecified atom stereocenters. The van der Waals surface area contributed by atoms with Crippen LogP contribution in [-0.4, -0.2) is 76.8 Å². The zero-order valence-electron chi connectivity index (χ0n) is 19.5. The van der Waals surface area contributed by atoms with Gasteiger partial charge in [0.25, 0.3) is 5.91 Å². The van der Waals surface area contributed by atoms with Gasteiger partial charge in [0.2, 0.25) is 5.91 Å². The van der Waals surface area contributed by atoms with E-state index in [1.165, 1.54) is 5.56 Å². The SMILES string of the molecule is CNc1nc(C2CCCN(C(=O)CCN3Cc4ccccc4C3=O)C2)nc2c1CN(C)CC2.